The summed E-state index contributed by atoms with van der Waals surface area (Å²) in [4.78, 5) is 21.4. The number of aliphatic hydroxyl groups is 2. The predicted molar refractivity (Wildman–Crippen MR) is 54.0 cm³/mol. The highest BCUT2D eigenvalue weighted by Gasteiger charge is 2.47. The highest BCUT2D eigenvalue weighted by molar-refractivity contribution is 5.66. The number of rotatable bonds is 3. The van der Waals surface area contributed by atoms with E-state index >= 15 is 0 Å². The predicted octanol–water partition coefficient (Wildman–Crippen LogP) is -1.10. The second kappa shape index (κ2) is 6.07. The van der Waals surface area contributed by atoms with Gasteiger partial charge in [0.2, 0.25) is 0 Å². The van der Waals surface area contributed by atoms with Crippen LogP contribution in [0.15, 0.2) is 0 Å². The Bertz CT molecular complexity index is 321. The van der Waals surface area contributed by atoms with Crippen molar-refractivity contribution in [3.05, 3.63) is 0 Å². The number of alkyl halides is 1. The number of aliphatic hydroxyl groups excluding tert-OH is 2. The quantitative estimate of drug-likeness (QED) is 0.625. The van der Waals surface area contributed by atoms with Crippen molar-refractivity contribution in [2.24, 2.45) is 0 Å². The van der Waals surface area contributed by atoms with E-state index in [-0.39, 0.29) is 6.61 Å². The lowest BCUT2D eigenvalue weighted by atomic mass is 10.00. The zero-order chi connectivity index (χ0) is 13.9. The van der Waals surface area contributed by atoms with Gasteiger partial charge in [0.05, 0.1) is 0 Å². The third kappa shape index (κ3) is 3.62. The molecular formula is C10H15FO7. The fraction of sp³-hybridized carbons (Fsp3) is 0.800. The Morgan fingerprint density at radius 3 is 2.39 bits per heavy atom. The maximum absolute atomic E-state index is 13.5. The molecule has 0 unspecified atom stereocenters. The molecule has 1 aliphatic heterocycles. The second-order valence-corrected chi connectivity index (χ2v) is 3.88. The summed E-state index contributed by atoms with van der Waals surface area (Å²) in [6, 6.07) is 0. The lowest BCUT2D eigenvalue weighted by Gasteiger charge is -2.38. The fourth-order valence-corrected chi connectivity index (χ4v) is 1.56. The largest absolute Gasteiger partial charge is 0.463 e. The first-order valence-corrected chi connectivity index (χ1v) is 5.29. The lowest BCUT2D eigenvalue weighted by molar-refractivity contribution is -0.276. The van der Waals surface area contributed by atoms with Crippen molar-refractivity contribution in [2.45, 2.75) is 44.6 Å². The summed E-state index contributed by atoms with van der Waals surface area (Å²) in [5.41, 5.74) is 0. The smallest absolute Gasteiger partial charge is 0.303 e. The van der Waals surface area contributed by atoms with E-state index < -0.39 is 42.7 Å². The number of esters is 2. The zero-order valence-electron chi connectivity index (χ0n) is 9.91. The minimum absolute atomic E-state index is 0.377. The normalized spacial score (nSPS) is 35.9. The van der Waals surface area contributed by atoms with E-state index in [0.29, 0.717) is 0 Å². The molecule has 0 amide bonds. The summed E-state index contributed by atoms with van der Waals surface area (Å²) in [5, 5.41) is 19.0. The van der Waals surface area contributed by atoms with Crippen LogP contribution in [0.3, 0.4) is 0 Å². The van der Waals surface area contributed by atoms with Crippen molar-refractivity contribution in [2.75, 3.05) is 6.61 Å². The molecule has 1 aliphatic rings. The third-order valence-electron chi connectivity index (χ3n) is 2.37. The summed E-state index contributed by atoms with van der Waals surface area (Å²) in [6.07, 6.45) is -8.20. The number of hydrogen-bond donors (Lipinski definition) is 2. The monoisotopic (exact) mass is 266 g/mol. The van der Waals surface area contributed by atoms with Gasteiger partial charge in [-0.1, -0.05) is 0 Å². The summed E-state index contributed by atoms with van der Waals surface area (Å²) in [6.45, 7) is 1.81. The SMILES string of the molecule is CC(=O)OC[C@H]1O[C@@H](O)[C@H](F)[C@@H](OC(C)=O)[C@@H]1O. The van der Waals surface area contributed by atoms with Gasteiger partial charge >= 0.3 is 11.9 Å². The number of carbonyl (C=O) groups excluding carboxylic acids is 2. The van der Waals surface area contributed by atoms with Crippen LogP contribution in [0.4, 0.5) is 4.39 Å². The molecular weight excluding hydrogens is 251 g/mol. The highest BCUT2D eigenvalue weighted by atomic mass is 19.1. The summed E-state index contributed by atoms with van der Waals surface area (Å²) in [5.74, 6) is -1.42. The highest BCUT2D eigenvalue weighted by Crippen LogP contribution is 2.25. The molecule has 1 rings (SSSR count). The molecule has 104 valence electrons. The van der Waals surface area contributed by atoms with E-state index in [1.165, 1.54) is 0 Å². The van der Waals surface area contributed by atoms with Crippen molar-refractivity contribution in [3.63, 3.8) is 0 Å². The molecule has 5 atom stereocenters. The molecule has 0 bridgehead atoms. The first-order valence-electron chi connectivity index (χ1n) is 5.29. The van der Waals surface area contributed by atoms with Gasteiger partial charge in [0.15, 0.2) is 18.6 Å². The Morgan fingerprint density at radius 1 is 1.28 bits per heavy atom. The summed E-state index contributed by atoms with van der Waals surface area (Å²) >= 11 is 0. The van der Waals surface area contributed by atoms with Crippen molar-refractivity contribution >= 4 is 11.9 Å². The Morgan fingerprint density at radius 2 is 1.89 bits per heavy atom. The molecule has 0 aliphatic carbocycles. The van der Waals surface area contributed by atoms with Gasteiger partial charge in [-0.25, -0.2) is 4.39 Å². The molecule has 8 heteroatoms. The van der Waals surface area contributed by atoms with E-state index in [1.807, 2.05) is 0 Å². The average molecular weight is 266 g/mol. The standard InChI is InChI=1S/C10H15FO7/c1-4(12)16-3-6-8(14)9(17-5(2)13)7(11)10(15)18-6/h6-10,14-15H,3H2,1-2H3/t6-,7-,8-,9-,10-/m1/s1. The van der Waals surface area contributed by atoms with Crippen LogP contribution < -0.4 is 0 Å². The maximum atomic E-state index is 13.5. The van der Waals surface area contributed by atoms with E-state index in [9.17, 15) is 24.2 Å². The van der Waals surface area contributed by atoms with Gasteiger partial charge in [-0.3, -0.25) is 9.59 Å². The van der Waals surface area contributed by atoms with Gasteiger partial charge in [-0.2, -0.15) is 0 Å². The first kappa shape index (κ1) is 14.8. The van der Waals surface area contributed by atoms with Gasteiger partial charge in [-0.05, 0) is 0 Å². The van der Waals surface area contributed by atoms with Crippen molar-refractivity contribution in [1.82, 2.24) is 0 Å². The molecule has 0 spiro atoms. The van der Waals surface area contributed by atoms with Crippen LogP contribution >= 0.6 is 0 Å². The van der Waals surface area contributed by atoms with Gasteiger partial charge in [0.1, 0.15) is 18.8 Å². The first-order chi connectivity index (χ1) is 8.32. The van der Waals surface area contributed by atoms with Crippen molar-refractivity contribution in [1.29, 1.82) is 0 Å². The zero-order valence-corrected chi connectivity index (χ0v) is 9.91. The van der Waals surface area contributed by atoms with Gasteiger partial charge in [0, 0.05) is 13.8 Å². The molecule has 0 radical (unpaired) electrons. The van der Waals surface area contributed by atoms with E-state index in [1.54, 1.807) is 0 Å². The fourth-order valence-electron chi connectivity index (χ4n) is 1.56. The third-order valence-corrected chi connectivity index (χ3v) is 2.37. The minimum atomic E-state index is -2.07. The maximum Gasteiger partial charge on any atom is 0.303 e. The van der Waals surface area contributed by atoms with Gasteiger partial charge in [0.25, 0.3) is 0 Å². The molecule has 2 N–H and O–H groups in total. The Labute approximate surface area is 102 Å². The van der Waals surface area contributed by atoms with Crippen LogP contribution in [-0.2, 0) is 23.8 Å². The molecule has 0 aromatic rings. The number of hydrogen-bond acceptors (Lipinski definition) is 7. The Balaban J connectivity index is 2.70. The molecule has 1 heterocycles. The molecule has 7 nitrogen and oxygen atoms in total. The van der Waals surface area contributed by atoms with Gasteiger partial charge < -0.3 is 24.4 Å². The van der Waals surface area contributed by atoms with Crippen LogP contribution in [0.2, 0.25) is 0 Å². The average Bonchev–Trinajstić information content (AvgIpc) is 2.27. The van der Waals surface area contributed by atoms with Crippen LogP contribution in [0.5, 0.6) is 0 Å². The minimum Gasteiger partial charge on any atom is -0.463 e. The topological polar surface area (TPSA) is 102 Å². The van der Waals surface area contributed by atoms with Crippen LogP contribution in [0.1, 0.15) is 13.8 Å². The van der Waals surface area contributed by atoms with Crippen molar-refractivity contribution in [3.8, 4) is 0 Å². The molecule has 0 aromatic carbocycles. The van der Waals surface area contributed by atoms with E-state index in [0.717, 1.165) is 13.8 Å². The van der Waals surface area contributed by atoms with E-state index in [2.05, 4.69) is 9.47 Å². The van der Waals surface area contributed by atoms with Crippen LogP contribution in [0, 0.1) is 0 Å². The van der Waals surface area contributed by atoms with E-state index in [4.69, 9.17) is 4.74 Å². The molecule has 0 aromatic heterocycles. The number of ether oxygens (including phenoxy) is 3. The van der Waals surface area contributed by atoms with Crippen LogP contribution in [-0.4, -0.2) is 59.5 Å². The summed E-state index contributed by atoms with van der Waals surface area (Å²) < 4.78 is 27.4. The second-order valence-electron chi connectivity index (χ2n) is 3.88. The number of carbonyl (C=O) groups is 2. The molecule has 18 heavy (non-hydrogen) atoms. The number of halogens is 1. The van der Waals surface area contributed by atoms with Crippen molar-refractivity contribution < 1.29 is 38.4 Å². The van der Waals surface area contributed by atoms with Gasteiger partial charge in [-0.15, -0.1) is 0 Å². The van der Waals surface area contributed by atoms with Crippen LogP contribution in [0.25, 0.3) is 0 Å². The Kier molecular flexibility index (Phi) is 5.00. The Hall–Kier alpha value is -1.25. The molecule has 1 saturated heterocycles. The molecule has 1 fully saturated rings. The molecule has 0 saturated carbocycles. The lowest BCUT2D eigenvalue weighted by Crippen LogP contribution is -2.58. The summed E-state index contributed by atoms with van der Waals surface area (Å²) in [7, 11) is 0.